The SMILES string of the molecule is CC(CO)(CO)Cn1nc(N)nc1Br. The number of nitrogen functional groups attached to an aromatic ring is 1. The Bertz CT molecular complexity index is 311. The van der Waals surface area contributed by atoms with Gasteiger partial charge >= 0.3 is 0 Å². The summed E-state index contributed by atoms with van der Waals surface area (Å²) < 4.78 is 1.99. The Morgan fingerprint density at radius 2 is 2.07 bits per heavy atom. The molecular weight excluding hydrogens is 252 g/mol. The maximum atomic E-state index is 9.08. The van der Waals surface area contributed by atoms with E-state index < -0.39 is 5.41 Å². The van der Waals surface area contributed by atoms with Gasteiger partial charge in [-0.05, 0) is 15.9 Å². The van der Waals surface area contributed by atoms with Crippen LogP contribution in [0.4, 0.5) is 5.95 Å². The molecule has 0 radical (unpaired) electrons. The smallest absolute Gasteiger partial charge is 0.240 e. The first-order valence-electron chi connectivity index (χ1n) is 4.08. The van der Waals surface area contributed by atoms with Gasteiger partial charge in [0, 0.05) is 5.41 Å². The van der Waals surface area contributed by atoms with E-state index in [-0.39, 0.29) is 19.2 Å². The van der Waals surface area contributed by atoms with E-state index in [4.69, 9.17) is 15.9 Å². The lowest BCUT2D eigenvalue weighted by Gasteiger charge is -2.24. The van der Waals surface area contributed by atoms with E-state index in [0.29, 0.717) is 11.3 Å². The molecule has 0 saturated heterocycles. The van der Waals surface area contributed by atoms with Crippen molar-refractivity contribution in [3.05, 3.63) is 4.73 Å². The monoisotopic (exact) mass is 264 g/mol. The van der Waals surface area contributed by atoms with E-state index >= 15 is 0 Å². The van der Waals surface area contributed by atoms with Gasteiger partial charge in [0.15, 0.2) is 4.73 Å². The summed E-state index contributed by atoms with van der Waals surface area (Å²) in [6.45, 7) is 1.84. The zero-order valence-corrected chi connectivity index (χ0v) is 9.40. The molecule has 0 saturated carbocycles. The Kier molecular flexibility index (Phi) is 3.46. The van der Waals surface area contributed by atoms with Gasteiger partial charge in [-0.2, -0.15) is 4.98 Å². The number of halogens is 1. The van der Waals surface area contributed by atoms with Crippen molar-refractivity contribution in [1.82, 2.24) is 14.8 Å². The molecule has 6 nitrogen and oxygen atoms in total. The van der Waals surface area contributed by atoms with Crippen molar-refractivity contribution in [1.29, 1.82) is 0 Å². The Balaban J connectivity index is 2.81. The molecule has 0 aliphatic rings. The van der Waals surface area contributed by atoms with Gasteiger partial charge in [0.2, 0.25) is 5.95 Å². The second-order valence-corrected chi connectivity index (χ2v) is 4.23. The summed E-state index contributed by atoms with van der Waals surface area (Å²) in [4.78, 5) is 3.85. The Labute approximate surface area is 89.9 Å². The molecule has 0 bridgehead atoms. The number of nitrogens with zero attached hydrogens (tertiary/aromatic N) is 3. The lowest BCUT2D eigenvalue weighted by molar-refractivity contribution is 0.0518. The van der Waals surface area contributed by atoms with Crippen LogP contribution in [-0.4, -0.2) is 38.2 Å². The molecule has 0 unspecified atom stereocenters. The van der Waals surface area contributed by atoms with Crippen LogP contribution >= 0.6 is 15.9 Å². The molecule has 1 heterocycles. The van der Waals surface area contributed by atoms with Gasteiger partial charge in [-0.1, -0.05) is 6.92 Å². The minimum atomic E-state index is -0.622. The Hall–Kier alpha value is -0.660. The van der Waals surface area contributed by atoms with Gasteiger partial charge in [0.25, 0.3) is 0 Å². The summed E-state index contributed by atoms with van der Waals surface area (Å²) in [5.74, 6) is 0.162. The third-order valence-electron chi connectivity index (χ3n) is 1.94. The molecule has 80 valence electrons. The summed E-state index contributed by atoms with van der Waals surface area (Å²) in [7, 11) is 0. The minimum Gasteiger partial charge on any atom is -0.396 e. The molecule has 0 aromatic carbocycles. The topological polar surface area (TPSA) is 97.2 Å². The summed E-state index contributed by atoms with van der Waals surface area (Å²) in [5, 5.41) is 22.1. The zero-order valence-electron chi connectivity index (χ0n) is 7.81. The van der Waals surface area contributed by atoms with Crippen molar-refractivity contribution in [2.24, 2.45) is 5.41 Å². The molecule has 4 N–H and O–H groups in total. The van der Waals surface area contributed by atoms with Crippen LogP contribution in [0.1, 0.15) is 6.92 Å². The third kappa shape index (κ3) is 2.43. The van der Waals surface area contributed by atoms with Crippen molar-refractivity contribution in [2.45, 2.75) is 13.5 Å². The molecule has 0 spiro atoms. The quantitative estimate of drug-likeness (QED) is 0.689. The average Bonchev–Trinajstić information content (AvgIpc) is 2.45. The van der Waals surface area contributed by atoms with Crippen LogP contribution in [0, 0.1) is 5.41 Å². The van der Waals surface area contributed by atoms with Gasteiger partial charge in [-0.3, -0.25) is 0 Å². The first-order chi connectivity index (χ1) is 6.50. The lowest BCUT2D eigenvalue weighted by Crippen LogP contribution is -2.32. The lowest BCUT2D eigenvalue weighted by atomic mass is 9.93. The Morgan fingerprint density at radius 1 is 1.50 bits per heavy atom. The predicted molar refractivity (Wildman–Crippen MR) is 54.4 cm³/mol. The zero-order chi connectivity index (χ0) is 10.8. The van der Waals surface area contributed by atoms with Crippen LogP contribution in [0.2, 0.25) is 0 Å². The van der Waals surface area contributed by atoms with Crippen molar-refractivity contribution < 1.29 is 10.2 Å². The first kappa shape index (κ1) is 11.4. The van der Waals surface area contributed by atoms with Crippen molar-refractivity contribution in [3.8, 4) is 0 Å². The second kappa shape index (κ2) is 4.24. The number of aliphatic hydroxyl groups is 2. The number of hydrogen-bond donors (Lipinski definition) is 3. The predicted octanol–water partition coefficient (Wildman–Crippen LogP) is -0.386. The molecule has 7 heteroatoms. The summed E-state index contributed by atoms with van der Waals surface area (Å²) >= 11 is 3.17. The Morgan fingerprint density at radius 3 is 2.43 bits per heavy atom. The molecule has 1 aromatic heterocycles. The molecule has 14 heavy (non-hydrogen) atoms. The van der Waals surface area contributed by atoms with E-state index in [1.807, 2.05) is 0 Å². The fraction of sp³-hybridized carbons (Fsp3) is 0.714. The largest absolute Gasteiger partial charge is 0.396 e. The normalized spacial score (nSPS) is 12.0. The first-order valence-corrected chi connectivity index (χ1v) is 4.87. The highest BCUT2D eigenvalue weighted by molar-refractivity contribution is 9.10. The minimum absolute atomic E-state index is 0.129. The third-order valence-corrected chi connectivity index (χ3v) is 2.52. The maximum absolute atomic E-state index is 9.08. The van der Waals surface area contributed by atoms with Gasteiger partial charge in [0.05, 0.1) is 19.8 Å². The van der Waals surface area contributed by atoms with E-state index in [0.717, 1.165) is 0 Å². The molecule has 0 amide bonds. The maximum Gasteiger partial charge on any atom is 0.240 e. The molecule has 1 rings (SSSR count). The number of aromatic nitrogens is 3. The number of hydrogen-bond acceptors (Lipinski definition) is 5. The standard InChI is InChI=1S/C7H13BrN4O2/c1-7(3-13,4-14)2-12-5(8)10-6(9)11-12/h13-14H,2-4H2,1H3,(H2,9,11). The highest BCUT2D eigenvalue weighted by atomic mass is 79.9. The van der Waals surface area contributed by atoms with Crippen LogP contribution in [0.25, 0.3) is 0 Å². The van der Waals surface area contributed by atoms with Gasteiger partial charge in [-0.15, -0.1) is 5.10 Å². The van der Waals surface area contributed by atoms with Crippen LogP contribution in [0.3, 0.4) is 0 Å². The van der Waals surface area contributed by atoms with Gasteiger partial charge in [0.1, 0.15) is 0 Å². The van der Waals surface area contributed by atoms with Crippen LogP contribution in [0.15, 0.2) is 4.73 Å². The summed E-state index contributed by atoms with van der Waals surface area (Å²) in [6, 6.07) is 0. The highest BCUT2D eigenvalue weighted by Crippen LogP contribution is 2.19. The fourth-order valence-electron chi connectivity index (χ4n) is 0.952. The second-order valence-electron chi connectivity index (χ2n) is 3.52. The number of aliphatic hydroxyl groups excluding tert-OH is 2. The average molecular weight is 265 g/mol. The van der Waals surface area contributed by atoms with Crippen molar-refractivity contribution in [3.63, 3.8) is 0 Å². The molecule has 0 fully saturated rings. The fourth-order valence-corrected chi connectivity index (χ4v) is 1.34. The number of nitrogens with two attached hydrogens (primary N) is 1. The van der Waals surface area contributed by atoms with Crippen molar-refractivity contribution >= 4 is 21.9 Å². The van der Waals surface area contributed by atoms with Gasteiger partial charge < -0.3 is 15.9 Å². The van der Waals surface area contributed by atoms with Crippen LogP contribution < -0.4 is 5.73 Å². The van der Waals surface area contributed by atoms with Crippen LogP contribution in [0.5, 0.6) is 0 Å². The van der Waals surface area contributed by atoms with E-state index in [2.05, 4.69) is 26.0 Å². The summed E-state index contributed by atoms with van der Waals surface area (Å²) in [5.41, 5.74) is 4.76. The molecule has 1 aromatic rings. The number of rotatable bonds is 4. The summed E-state index contributed by atoms with van der Waals surface area (Å²) in [6.07, 6.45) is 0. The molecular formula is C7H13BrN4O2. The highest BCUT2D eigenvalue weighted by Gasteiger charge is 2.24. The van der Waals surface area contributed by atoms with Crippen LogP contribution in [-0.2, 0) is 6.54 Å². The van der Waals surface area contributed by atoms with Gasteiger partial charge in [-0.25, -0.2) is 4.68 Å². The van der Waals surface area contributed by atoms with E-state index in [9.17, 15) is 0 Å². The number of anilines is 1. The van der Waals surface area contributed by atoms with Crippen molar-refractivity contribution in [2.75, 3.05) is 18.9 Å². The molecule has 0 aliphatic heterocycles. The molecule has 0 atom stereocenters. The van der Waals surface area contributed by atoms with E-state index in [1.165, 1.54) is 4.68 Å². The van der Waals surface area contributed by atoms with E-state index in [1.54, 1.807) is 6.92 Å². The molecule has 0 aliphatic carbocycles.